The highest BCUT2D eigenvalue weighted by Crippen LogP contribution is 2.29. The average molecular weight is 281 g/mol. The minimum absolute atomic E-state index is 0.505. The normalized spacial score (nSPS) is 10.4. The second kappa shape index (κ2) is 6.04. The van der Waals surface area contributed by atoms with Crippen LogP contribution < -0.4 is 10.0 Å². The van der Waals surface area contributed by atoms with Gasteiger partial charge < -0.3 is 5.32 Å². The molecule has 2 rings (SSSR count). The van der Waals surface area contributed by atoms with Gasteiger partial charge in [-0.2, -0.15) is 0 Å². The summed E-state index contributed by atoms with van der Waals surface area (Å²) in [4.78, 5) is 9.40. The van der Waals surface area contributed by atoms with Gasteiger partial charge in [-0.25, -0.2) is 9.97 Å². The maximum absolute atomic E-state index is 6.07. The van der Waals surface area contributed by atoms with Crippen molar-refractivity contribution < 1.29 is 0 Å². The number of nitrogens with one attached hydrogen (secondary N) is 2. The lowest BCUT2D eigenvalue weighted by atomic mass is 10.3. The van der Waals surface area contributed by atoms with Crippen molar-refractivity contribution in [2.24, 2.45) is 0 Å². The number of anilines is 2. The monoisotopic (exact) mass is 280 g/mol. The molecule has 0 aliphatic heterocycles. The van der Waals surface area contributed by atoms with Crippen LogP contribution in [0, 0.1) is 6.92 Å². The lowest BCUT2D eigenvalue weighted by Gasteiger charge is -2.11. The highest BCUT2D eigenvalue weighted by Gasteiger charge is 2.07. The highest BCUT2D eigenvalue weighted by atomic mass is 35.5. The molecule has 0 atom stereocenters. The quantitative estimate of drug-likeness (QED) is 0.841. The molecule has 1 aromatic heterocycles. The van der Waals surface area contributed by atoms with E-state index in [1.54, 1.807) is 6.20 Å². The van der Waals surface area contributed by atoms with Crippen LogP contribution in [0.1, 0.15) is 5.82 Å². The lowest BCUT2D eigenvalue weighted by molar-refractivity contribution is 1.05. The largest absolute Gasteiger partial charge is 0.338 e. The van der Waals surface area contributed by atoms with Crippen molar-refractivity contribution in [3.63, 3.8) is 0 Å². The molecule has 1 heterocycles. The molecule has 2 aromatic rings. The minimum Gasteiger partial charge on any atom is -0.338 e. The third-order valence-electron chi connectivity index (χ3n) is 2.22. The summed E-state index contributed by atoms with van der Waals surface area (Å²) in [5.41, 5.74) is 0.955. The van der Waals surface area contributed by atoms with Crippen molar-refractivity contribution in [3.05, 3.63) is 41.3 Å². The van der Waals surface area contributed by atoms with Crippen LogP contribution in [0.2, 0.25) is 5.02 Å². The molecular weight excluding hydrogens is 268 g/mol. The summed E-state index contributed by atoms with van der Waals surface area (Å²) < 4.78 is 3.05. The maximum atomic E-state index is 6.07. The molecule has 0 fully saturated rings. The Morgan fingerprint density at radius 2 is 2.06 bits per heavy atom. The summed E-state index contributed by atoms with van der Waals surface area (Å²) in [6.45, 7) is 1.83. The molecule has 2 N–H and O–H groups in total. The number of hydrogen-bond acceptors (Lipinski definition) is 5. The third-order valence-corrected chi connectivity index (χ3v) is 3.27. The summed E-state index contributed by atoms with van der Waals surface area (Å²) in [5.74, 6) is 1.30. The first kappa shape index (κ1) is 13.1. The van der Waals surface area contributed by atoms with Crippen molar-refractivity contribution in [2.75, 3.05) is 12.4 Å². The minimum atomic E-state index is 0.505. The fourth-order valence-corrected chi connectivity index (χ4v) is 2.17. The van der Waals surface area contributed by atoms with Gasteiger partial charge in [-0.3, -0.25) is 4.72 Å². The third kappa shape index (κ3) is 3.13. The number of halogens is 1. The number of nitrogens with zero attached hydrogens (tertiary/aromatic N) is 2. The van der Waals surface area contributed by atoms with Crippen LogP contribution in [0.25, 0.3) is 0 Å². The van der Waals surface area contributed by atoms with E-state index in [-0.39, 0.29) is 0 Å². The van der Waals surface area contributed by atoms with Crippen molar-refractivity contribution >= 4 is 35.1 Å². The molecule has 0 unspecified atom stereocenters. The molecule has 0 saturated heterocycles. The van der Waals surface area contributed by atoms with E-state index in [1.807, 2.05) is 38.2 Å². The molecule has 0 radical (unpaired) electrons. The fourth-order valence-electron chi connectivity index (χ4n) is 1.44. The van der Waals surface area contributed by atoms with E-state index in [2.05, 4.69) is 20.0 Å². The van der Waals surface area contributed by atoms with Crippen molar-refractivity contribution in [1.82, 2.24) is 14.7 Å². The van der Waals surface area contributed by atoms with Crippen molar-refractivity contribution in [3.8, 4) is 0 Å². The van der Waals surface area contributed by atoms with Crippen LogP contribution in [0.5, 0.6) is 0 Å². The van der Waals surface area contributed by atoms with E-state index in [1.165, 1.54) is 11.9 Å². The van der Waals surface area contributed by atoms with Crippen LogP contribution >= 0.6 is 23.5 Å². The number of aryl methyl sites for hydroxylation is 1. The van der Waals surface area contributed by atoms with Gasteiger partial charge in [0.05, 0.1) is 11.9 Å². The van der Waals surface area contributed by atoms with E-state index >= 15 is 0 Å². The Morgan fingerprint density at radius 1 is 1.28 bits per heavy atom. The van der Waals surface area contributed by atoms with Gasteiger partial charge in [0.15, 0.2) is 5.82 Å². The summed E-state index contributed by atoms with van der Waals surface area (Å²) >= 11 is 7.60. The second-order valence-corrected chi connectivity index (χ2v) is 5.00. The Kier molecular flexibility index (Phi) is 4.41. The van der Waals surface area contributed by atoms with E-state index < -0.39 is 0 Å². The van der Waals surface area contributed by atoms with E-state index in [0.717, 1.165) is 10.6 Å². The zero-order valence-corrected chi connectivity index (χ0v) is 11.6. The van der Waals surface area contributed by atoms with Crippen LogP contribution in [0.15, 0.2) is 35.4 Å². The van der Waals surface area contributed by atoms with Gasteiger partial charge in [0.25, 0.3) is 0 Å². The molecule has 0 amide bonds. The molecule has 6 heteroatoms. The van der Waals surface area contributed by atoms with Crippen molar-refractivity contribution in [2.45, 2.75) is 11.8 Å². The predicted octanol–water partition coefficient (Wildman–Crippen LogP) is 3.41. The molecule has 0 saturated carbocycles. The van der Waals surface area contributed by atoms with Crippen LogP contribution in [-0.4, -0.2) is 17.0 Å². The van der Waals surface area contributed by atoms with Gasteiger partial charge in [-0.15, -0.1) is 0 Å². The molecule has 0 aliphatic carbocycles. The van der Waals surface area contributed by atoms with Gasteiger partial charge in [0.2, 0.25) is 0 Å². The number of rotatable bonds is 4. The Bertz CT molecular complexity index is 547. The molecule has 0 bridgehead atoms. The van der Waals surface area contributed by atoms with E-state index in [0.29, 0.717) is 16.7 Å². The first-order chi connectivity index (χ1) is 8.70. The molecule has 0 aliphatic rings. The number of aromatic nitrogens is 2. The average Bonchev–Trinajstić information content (AvgIpc) is 2.36. The molecule has 4 nitrogen and oxygen atoms in total. The lowest BCUT2D eigenvalue weighted by Crippen LogP contribution is -2.00. The summed E-state index contributed by atoms with van der Waals surface area (Å²) in [5, 5.41) is 3.73. The summed E-state index contributed by atoms with van der Waals surface area (Å²) in [6.07, 6.45) is 1.60. The van der Waals surface area contributed by atoms with Gasteiger partial charge >= 0.3 is 0 Å². The second-order valence-electron chi connectivity index (χ2n) is 3.54. The van der Waals surface area contributed by atoms with Crippen LogP contribution in [0.3, 0.4) is 0 Å². The van der Waals surface area contributed by atoms with Crippen LogP contribution in [0.4, 0.5) is 11.5 Å². The molecular formula is C12H13ClN4S. The van der Waals surface area contributed by atoms with Gasteiger partial charge in [-0.05, 0) is 38.1 Å². The Hall–Kier alpha value is -1.30. The zero-order chi connectivity index (χ0) is 13.0. The van der Waals surface area contributed by atoms with Gasteiger partial charge in [0.1, 0.15) is 10.8 Å². The number of hydrogen-bond donors (Lipinski definition) is 2. The van der Waals surface area contributed by atoms with E-state index in [9.17, 15) is 0 Å². The van der Waals surface area contributed by atoms with Gasteiger partial charge in [0, 0.05) is 4.90 Å². The Balaban J connectivity index is 2.30. The molecule has 94 valence electrons. The molecule has 0 spiro atoms. The predicted molar refractivity (Wildman–Crippen MR) is 76.4 cm³/mol. The van der Waals surface area contributed by atoms with Crippen LogP contribution in [-0.2, 0) is 0 Å². The summed E-state index contributed by atoms with van der Waals surface area (Å²) in [6, 6.07) is 7.95. The molecule has 18 heavy (non-hydrogen) atoms. The first-order valence-corrected chi connectivity index (χ1v) is 6.59. The standard InChI is InChI=1S/C12H13ClN4S/c1-8-15-7-9(13)12(16-8)17-10-5-3-4-6-11(10)18-14-2/h3-7,14H,1-2H3,(H,15,16,17). The fraction of sp³-hybridized carbons (Fsp3) is 0.167. The Labute approximate surface area is 115 Å². The number of para-hydroxylation sites is 1. The zero-order valence-electron chi connectivity index (χ0n) is 10.1. The first-order valence-electron chi connectivity index (χ1n) is 5.39. The molecule has 1 aromatic carbocycles. The van der Waals surface area contributed by atoms with Gasteiger partial charge in [-0.1, -0.05) is 23.7 Å². The SMILES string of the molecule is CNSc1ccccc1Nc1nc(C)ncc1Cl. The van der Waals surface area contributed by atoms with E-state index in [4.69, 9.17) is 11.6 Å². The summed E-state index contributed by atoms with van der Waals surface area (Å²) in [7, 11) is 1.88. The highest BCUT2D eigenvalue weighted by molar-refractivity contribution is 7.97. The Morgan fingerprint density at radius 3 is 2.83 bits per heavy atom. The number of benzene rings is 1. The van der Waals surface area contributed by atoms with Crippen molar-refractivity contribution in [1.29, 1.82) is 0 Å². The smallest absolute Gasteiger partial charge is 0.152 e. The maximum Gasteiger partial charge on any atom is 0.152 e. The topological polar surface area (TPSA) is 49.8 Å².